The molecule has 29 heavy (non-hydrogen) atoms. The van der Waals surface area contributed by atoms with Crippen molar-refractivity contribution in [1.29, 1.82) is 0 Å². The lowest BCUT2D eigenvalue weighted by atomic mass is 9.66. The fourth-order valence-electron chi connectivity index (χ4n) is 5.24. The molecule has 3 heterocycles. The summed E-state index contributed by atoms with van der Waals surface area (Å²) in [6.07, 6.45) is 2.21. The molecular weight excluding hydrogens is 376 g/mol. The predicted octanol–water partition coefficient (Wildman–Crippen LogP) is 2.38. The van der Waals surface area contributed by atoms with E-state index in [1.807, 2.05) is 20.8 Å². The Balaban J connectivity index is 1.97. The number of carbonyl (C=O) groups is 2. The van der Waals surface area contributed by atoms with Crippen molar-refractivity contribution in [2.24, 2.45) is 23.2 Å². The largest absolute Gasteiger partial charge is 0.483 e. The fourth-order valence-corrected chi connectivity index (χ4v) is 5.24. The van der Waals surface area contributed by atoms with Gasteiger partial charge in [-0.05, 0) is 13.8 Å². The Morgan fingerprint density at radius 2 is 1.97 bits per heavy atom. The summed E-state index contributed by atoms with van der Waals surface area (Å²) >= 11 is 0. The second-order valence-corrected chi connectivity index (χ2v) is 9.05. The van der Waals surface area contributed by atoms with Gasteiger partial charge in [0.15, 0.2) is 11.4 Å². The standard InChI is InChI=1S/C22H32O7/c1-8-14-18-16(10-20(5)17(24)9-15(28-20)13(4)11-23)29-22(26-7,12(2)3)21(18,6)19(25)27-14/h8-9,12-14,16,18,23H,1,10-11H2,2-7H3/t13?,14-,16+,18+,20?,21-,22-/m1/s1. The minimum Gasteiger partial charge on any atom is -0.483 e. The molecule has 0 amide bonds. The fraction of sp³-hybridized carbons (Fsp3) is 0.727. The van der Waals surface area contributed by atoms with Gasteiger partial charge >= 0.3 is 5.97 Å². The highest BCUT2D eigenvalue weighted by atomic mass is 16.7. The second-order valence-electron chi connectivity index (χ2n) is 9.05. The van der Waals surface area contributed by atoms with Crippen LogP contribution in [0.25, 0.3) is 0 Å². The van der Waals surface area contributed by atoms with Crippen molar-refractivity contribution < 1.29 is 33.6 Å². The Morgan fingerprint density at radius 1 is 1.31 bits per heavy atom. The van der Waals surface area contributed by atoms with Crippen LogP contribution in [0.1, 0.15) is 41.0 Å². The Hall–Kier alpha value is -1.70. The van der Waals surface area contributed by atoms with Crippen LogP contribution in [0, 0.1) is 23.2 Å². The first-order valence-corrected chi connectivity index (χ1v) is 10.1. The molecule has 3 aliphatic rings. The molecule has 0 bridgehead atoms. The van der Waals surface area contributed by atoms with Gasteiger partial charge in [0, 0.05) is 37.4 Å². The van der Waals surface area contributed by atoms with Gasteiger partial charge < -0.3 is 24.1 Å². The van der Waals surface area contributed by atoms with Crippen molar-refractivity contribution in [1.82, 2.24) is 0 Å². The number of aliphatic hydroxyl groups is 1. The van der Waals surface area contributed by atoms with E-state index in [-0.39, 0.29) is 42.5 Å². The van der Waals surface area contributed by atoms with Gasteiger partial charge in [-0.15, -0.1) is 0 Å². The van der Waals surface area contributed by atoms with E-state index in [2.05, 4.69) is 6.58 Å². The topological polar surface area (TPSA) is 91.3 Å². The van der Waals surface area contributed by atoms with Gasteiger partial charge in [0.2, 0.25) is 5.78 Å². The summed E-state index contributed by atoms with van der Waals surface area (Å²) in [6, 6.07) is 0. The number of methoxy groups -OCH3 is 1. The van der Waals surface area contributed by atoms with Crippen molar-refractivity contribution in [3.63, 3.8) is 0 Å². The highest BCUT2D eigenvalue weighted by Gasteiger charge is 2.75. The molecule has 7 heteroatoms. The molecule has 7 nitrogen and oxygen atoms in total. The van der Waals surface area contributed by atoms with Gasteiger partial charge in [0.05, 0.1) is 12.7 Å². The number of rotatable bonds is 7. The lowest BCUT2D eigenvalue weighted by molar-refractivity contribution is -0.279. The van der Waals surface area contributed by atoms with E-state index in [4.69, 9.17) is 18.9 Å². The Labute approximate surface area is 172 Å². The van der Waals surface area contributed by atoms with E-state index in [0.29, 0.717) is 5.76 Å². The van der Waals surface area contributed by atoms with E-state index in [1.54, 1.807) is 19.9 Å². The molecule has 3 aliphatic heterocycles. The van der Waals surface area contributed by atoms with Crippen molar-refractivity contribution in [3.8, 4) is 0 Å². The zero-order valence-corrected chi connectivity index (χ0v) is 18.1. The number of ether oxygens (including phenoxy) is 4. The molecule has 0 aromatic rings. The average molecular weight is 408 g/mol. The van der Waals surface area contributed by atoms with Gasteiger partial charge in [-0.2, -0.15) is 0 Å². The van der Waals surface area contributed by atoms with E-state index in [1.165, 1.54) is 13.2 Å². The van der Waals surface area contributed by atoms with Crippen LogP contribution in [-0.2, 0) is 28.5 Å². The molecule has 3 rings (SSSR count). The number of esters is 1. The minimum absolute atomic E-state index is 0.114. The number of hydrogen-bond donors (Lipinski definition) is 1. The number of cyclic esters (lactones) is 1. The van der Waals surface area contributed by atoms with E-state index >= 15 is 0 Å². The number of carbonyl (C=O) groups excluding carboxylic acids is 2. The molecule has 1 N–H and O–H groups in total. The minimum atomic E-state index is -1.19. The second kappa shape index (κ2) is 7.22. The molecule has 0 aromatic heterocycles. The zero-order chi connectivity index (χ0) is 21.8. The van der Waals surface area contributed by atoms with E-state index < -0.39 is 29.0 Å². The maximum absolute atomic E-state index is 13.0. The molecular formula is C22H32O7. The molecule has 0 saturated carbocycles. The first-order chi connectivity index (χ1) is 13.5. The quantitative estimate of drug-likeness (QED) is 0.511. The van der Waals surface area contributed by atoms with Crippen molar-refractivity contribution in [3.05, 3.63) is 24.5 Å². The zero-order valence-electron chi connectivity index (χ0n) is 18.1. The first-order valence-electron chi connectivity index (χ1n) is 10.1. The van der Waals surface area contributed by atoms with Crippen molar-refractivity contribution >= 4 is 11.8 Å². The van der Waals surface area contributed by atoms with E-state index in [0.717, 1.165) is 0 Å². The summed E-state index contributed by atoms with van der Waals surface area (Å²) in [5.74, 6) is -2.09. The molecule has 0 radical (unpaired) electrons. The summed E-state index contributed by atoms with van der Waals surface area (Å²) < 4.78 is 23.9. The van der Waals surface area contributed by atoms with Crippen LogP contribution in [-0.4, -0.2) is 54.2 Å². The lowest BCUT2D eigenvalue weighted by Gasteiger charge is -2.41. The third kappa shape index (κ3) is 2.89. The molecule has 0 spiro atoms. The Morgan fingerprint density at radius 3 is 2.48 bits per heavy atom. The summed E-state index contributed by atoms with van der Waals surface area (Å²) in [4.78, 5) is 25.7. The third-order valence-electron chi connectivity index (χ3n) is 6.92. The first kappa shape index (κ1) is 22.0. The molecule has 2 unspecified atom stereocenters. The van der Waals surface area contributed by atoms with Gasteiger partial charge in [-0.1, -0.05) is 33.4 Å². The maximum Gasteiger partial charge on any atom is 0.318 e. The molecule has 162 valence electrons. The summed E-state index contributed by atoms with van der Waals surface area (Å²) in [6.45, 7) is 12.9. The molecule has 0 aliphatic carbocycles. The molecule has 7 atom stereocenters. The van der Waals surface area contributed by atoms with Crippen LogP contribution in [0.2, 0.25) is 0 Å². The van der Waals surface area contributed by atoms with Crippen LogP contribution >= 0.6 is 0 Å². The van der Waals surface area contributed by atoms with E-state index in [9.17, 15) is 14.7 Å². The van der Waals surface area contributed by atoms with Crippen molar-refractivity contribution in [2.75, 3.05) is 13.7 Å². The Kier molecular flexibility index (Phi) is 5.47. The average Bonchev–Trinajstić information content (AvgIpc) is 3.21. The monoisotopic (exact) mass is 408 g/mol. The smallest absolute Gasteiger partial charge is 0.318 e. The van der Waals surface area contributed by atoms with Crippen LogP contribution in [0.3, 0.4) is 0 Å². The molecule has 0 aromatic carbocycles. The SMILES string of the molecule is C=C[C@H]1OC(=O)[C@@]2(C)[C@@H]1[C@H](CC1(C)OC(C(C)CO)=CC1=O)O[C@]2(OC)C(C)C. The van der Waals surface area contributed by atoms with Crippen LogP contribution in [0.15, 0.2) is 24.5 Å². The number of hydrogen-bond acceptors (Lipinski definition) is 7. The van der Waals surface area contributed by atoms with Crippen LogP contribution < -0.4 is 0 Å². The van der Waals surface area contributed by atoms with Crippen LogP contribution in [0.5, 0.6) is 0 Å². The highest BCUT2D eigenvalue weighted by molar-refractivity contribution is 5.99. The van der Waals surface area contributed by atoms with Gasteiger partial charge in [-0.3, -0.25) is 9.59 Å². The normalized spacial score (nSPS) is 42.5. The van der Waals surface area contributed by atoms with Gasteiger partial charge in [0.25, 0.3) is 0 Å². The number of ketones is 1. The third-order valence-corrected chi connectivity index (χ3v) is 6.92. The predicted molar refractivity (Wildman–Crippen MR) is 105 cm³/mol. The van der Waals surface area contributed by atoms with Gasteiger partial charge in [0.1, 0.15) is 17.3 Å². The molecule has 2 saturated heterocycles. The van der Waals surface area contributed by atoms with Gasteiger partial charge in [-0.25, -0.2) is 0 Å². The maximum atomic E-state index is 13.0. The highest BCUT2D eigenvalue weighted by Crippen LogP contribution is 2.61. The summed E-state index contributed by atoms with van der Waals surface area (Å²) in [5.41, 5.74) is -2.20. The molecule has 2 fully saturated rings. The summed E-state index contributed by atoms with van der Waals surface area (Å²) in [7, 11) is 1.53. The number of fused-ring (bicyclic) bond motifs is 1. The lowest BCUT2D eigenvalue weighted by Crippen LogP contribution is -2.54. The Bertz CT molecular complexity index is 743. The van der Waals surface area contributed by atoms with Crippen molar-refractivity contribution in [2.45, 2.75) is 64.6 Å². The summed E-state index contributed by atoms with van der Waals surface area (Å²) in [5, 5.41) is 9.41. The van der Waals surface area contributed by atoms with Crippen LogP contribution in [0.4, 0.5) is 0 Å². The number of aliphatic hydroxyl groups excluding tert-OH is 1.